The van der Waals surface area contributed by atoms with Gasteiger partial charge in [-0.2, -0.15) is 18.3 Å². The standard InChI is InChI=1S/C18H22F3N3O/c1-2-24-12-15(10-22-24)11-23-6-7-25-17(13-23)9-14-4-3-5-16(8-14)18(19,20)21/h3-5,8,10,12,17H,2,6-7,9,11,13H2,1H3/t17-/m0/s1. The van der Waals surface area contributed by atoms with Crippen molar-refractivity contribution in [2.75, 3.05) is 19.7 Å². The van der Waals surface area contributed by atoms with Crippen molar-refractivity contribution in [2.24, 2.45) is 0 Å². The number of rotatable bonds is 5. The fourth-order valence-electron chi connectivity index (χ4n) is 3.10. The Balaban J connectivity index is 1.60. The molecule has 0 N–H and O–H groups in total. The molecule has 136 valence electrons. The Bertz CT molecular complexity index is 699. The highest BCUT2D eigenvalue weighted by Crippen LogP contribution is 2.30. The van der Waals surface area contributed by atoms with Gasteiger partial charge in [0.2, 0.25) is 0 Å². The first-order valence-corrected chi connectivity index (χ1v) is 8.45. The second-order valence-corrected chi connectivity index (χ2v) is 6.33. The molecule has 2 heterocycles. The van der Waals surface area contributed by atoms with E-state index in [9.17, 15) is 13.2 Å². The zero-order valence-corrected chi connectivity index (χ0v) is 14.2. The van der Waals surface area contributed by atoms with Gasteiger partial charge in [-0.3, -0.25) is 9.58 Å². The van der Waals surface area contributed by atoms with Crippen molar-refractivity contribution in [1.29, 1.82) is 0 Å². The number of alkyl halides is 3. The molecule has 0 bridgehead atoms. The predicted octanol–water partition coefficient (Wildman–Crippen LogP) is 3.37. The predicted molar refractivity (Wildman–Crippen MR) is 88.1 cm³/mol. The van der Waals surface area contributed by atoms with E-state index < -0.39 is 11.7 Å². The summed E-state index contributed by atoms with van der Waals surface area (Å²) >= 11 is 0. The van der Waals surface area contributed by atoms with Crippen LogP contribution < -0.4 is 0 Å². The van der Waals surface area contributed by atoms with E-state index in [-0.39, 0.29) is 6.10 Å². The molecular weight excluding hydrogens is 331 g/mol. The second kappa shape index (κ2) is 7.58. The molecule has 2 aromatic rings. The summed E-state index contributed by atoms with van der Waals surface area (Å²) in [5.41, 5.74) is 1.19. The molecule has 1 saturated heterocycles. The average molecular weight is 353 g/mol. The number of hydrogen-bond acceptors (Lipinski definition) is 3. The Kier molecular flexibility index (Phi) is 5.44. The number of nitrogens with zero attached hydrogens (tertiary/aromatic N) is 3. The van der Waals surface area contributed by atoms with Crippen molar-refractivity contribution in [3.63, 3.8) is 0 Å². The van der Waals surface area contributed by atoms with Crippen LogP contribution in [0.1, 0.15) is 23.6 Å². The minimum atomic E-state index is -4.31. The van der Waals surface area contributed by atoms with Crippen LogP contribution in [-0.2, 0) is 30.4 Å². The van der Waals surface area contributed by atoms with Crippen LogP contribution >= 0.6 is 0 Å². The molecule has 1 aliphatic rings. The van der Waals surface area contributed by atoms with Gasteiger partial charge in [-0.05, 0) is 25.0 Å². The SMILES string of the molecule is CCn1cc(CN2CCO[C@@H](Cc3cccc(C(F)(F)F)c3)C2)cn1. The summed E-state index contributed by atoms with van der Waals surface area (Å²) in [6.07, 6.45) is -0.0415. The molecule has 1 atom stereocenters. The number of hydrogen-bond donors (Lipinski definition) is 0. The van der Waals surface area contributed by atoms with Crippen LogP contribution in [0.5, 0.6) is 0 Å². The number of halogens is 3. The van der Waals surface area contributed by atoms with E-state index in [2.05, 4.69) is 10.00 Å². The van der Waals surface area contributed by atoms with Crippen LogP contribution in [0.15, 0.2) is 36.7 Å². The second-order valence-electron chi connectivity index (χ2n) is 6.33. The van der Waals surface area contributed by atoms with Gasteiger partial charge in [0.05, 0.1) is 24.5 Å². The van der Waals surface area contributed by atoms with Crippen molar-refractivity contribution < 1.29 is 17.9 Å². The van der Waals surface area contributed by atoms with Gasteiger partial charge in [0.15, 0.2) is 0 Å². The van der Waals surface area contributed by atoms with Crippen molar-refractivity contribution in [2.45, 2.75) is 38.7 Å². The fourth-order valence-corrected chi connectivity index (χ4v) is 3.10. The highest BCUT2D eigenvalue weighted by molar-refractivity contribution is 5.26. The van der Waals surface area contributed by atoms with Gasteiger partial charge in [-0.25, -0.2) is 0 Å². The van der Waals surface area contributed by atoms with Gasteiger partial charge >= 0.3 is 6.18 Å². The molecule has 3 rings (SSSR count). The smallest absolute Gasteiger partial charge is 0.375 e. The third-order valence-electron chi connectivity index (χ3n) is 4.36. The van der Waals surface area contributed by atoms with Crippen molar-refractivity contribution in [1.82, 2.24) is 14.7 Å². The summed E-state index contributed by atoms with van der Waals surface area (Å²) in [4.78, 5) is 2.26. The van der Waals surface area contributed by atoms with Gasteiger partial charge in [0.25, 0.3) is 0 Å². The number of benzene rings is 1. The number of ether oxygens (including phenoxy) is 1. The Morgan fingerprint density at radius 2 is 2.12 bits per heavy atom. The fraction of sp³-hybridized carbons (Fsp3) is 0.500. The molecule has 0 unspecified atom stereocenters. The van der Waals surface area contributed by atoms with E-state index in [1.165, 1.54) is 12.1 Å². The van der Waals surface area contributed by atoms with Crippen LogP contribution in [0.3, 0.4) is 0 Å². The van der Waals surface area contributed by atoms with Gasteiger partial charge in [0.1, 0.15) is 0 Å². The Hall–Kier alpha value is -1.86. The van der Waals surface area contributed by atoms with Gasteiger partial charge in [-0.15, -0.1) is 0 Å². The van der Waals surface area contributed by atoms with Crippen LogP contribution in [0.2, 0.25) is 0 Å². The Morgan fingerprint density at radius 1 is 1.28 bits per heavy atom. The summed E-state index contributed by atoms with van der Waals surface area (Å²) in [5.74, 6) is 0. The average Bonchev–Trinajstić information content (AvgIpc) is 3.02. The van der Waals surface area contributed by atoms with Crippen LogP contribution in [0.4, 0.5) is 13.2 Å². The number of aryl methyl sites for hydroxylation is 1. The zero-order valence-electron chi connectivity index (χ0n) is 14.2. The lowest BCUT2D eigenvalue weighted by Crippen LogP contribution is -2.42. The molecule has 0 spiro atoms. The first kappa shape index (κ1) is 17.9. The maximum atomic E-state index is 12.8. The molecule has 1 aliphatic heterocycles. The minimum Gasteiger partial charge on any atom is -0.375 e. The van der Waals surface area contributed by atoms with E-state index >= 15 is 0 Å². The molecule has 0 aliphatic carbocycles. The zero-order chi connectivity index (χ0) is 17.9. The van der Waals surface area contributed by atoms with E-state index in [1.807, 2.05) is 24.0 Å². The quantitative estimate of drug-likeness (QED) is 0.826. The molecule has 1 fully saturated rings. The summed E-state index contributed by atoms with van der Waals surface area (Å²) in [7, 11) is 0. The third-order valence-corrected chi connectivity index (χ3v) is 4.36. The molecule has 0 amide bonds. The van der Waals surface area contributed by atoms with E-state index in [1.54, 1.807) is 6.07 Å². The molecule has 0 saturated carbocycles. The molecule has 1 aromatic carbocycles. The molecule has 4 nitrogen and oxygen atoms in total. The maximum absolute atomic E-state index is 12.8. The van der Waals surface area contributed by atoms with E-state index in [0.29, 0.717) is 25.1 Å². The largest absolute Gasteiger partial charge is 0.416 e. The summed E-state index contributed by atoms with van der Waals surface area (Å²) in [6.45, 7) is 5.76. The highest BCUT2D eigenvalue weighted by Gasteiger charge is 2.30. The maximum Gasteiger partial charge on any atom is 0.416 e. The third kappa shape index (κ3) is 4.83. The van der Waals surface area contributed by atoms with Gasteiger partial charge < -0.3 is 4.74 Å². The van der Waals surface area contributed by atoms with Crippen molar-refractivity contribution in [3.8, 4) is 0 Å². The summed E-state index contributed by atoms with van der Waals surface area (Å²) in [5, 5.41) is 4.27. The molecule has 7 heteroatoms. The molecule has 1 aromatic heterocycles. The molecule has 0 radical (unpaired) electrons. The van der Waals surface area contributed by atoms with Crippen LogP contribution in [0.25, 0.3) is 0 Å². The molecule has 25 heavy (non-hydrogen) atoms. The summed E-state index contributed by atoms with van der Waals surface area (Å²) < 4.78 is 46.1. The lowest BCUT2D eigenvalue weighted by Gasteiger charge is -2.32. The molecular formula is C18H22F3N3O. The van der Waals surface area contributed by atoms with E-state index in [0.717, 1.165) is 31.3 Å². The number of morpholine rings is 1. The van der Waals surface area contributed by atoms with Crippen molar-refractivity contribution in [3.05, 3.63) is 53.3 Å². The van der Waals surface area contributed by atoms with Gasteiger partial charge in [0, 0.05) is 37.9 Å². The van der Waals surface area contributed by atoms with Gasteiger partial charge in [-0.1, -0.05) is 18.2 Å². The first-order chi connectivity index (χ1) is 11.9. The Morgan fingerprint density at radius 3 is 2.84 bits per heavy atom. The van der Waals surface area contributed by atoms with E-state index in [4.69, 9.17) is 4.74 Å². The Labute approximate surface area is 145 Å². The van der Waals surface area contributed by atoms with Crippen LogP contribution in [0, 0.1) is 0 Å². The first-order valence-electron chi connectivity index (χ1n) is 8.45. The van der Waals surface area contributed by atoms with Crippen molar-refractivity contribution >= 4 is 0 Å². The summed E-state index contributed by atoms with van der Waals surface area (Å²) in [6, 6.07) is 5.50. The van der Waals surface area contributed by atoms with Crippen LogP contribution in [-0.4, -0.2) is 40.5 Å². The lowest BCUT2D eigenvalue weighted by atomic mass is 10.0. The highest BCUT2D eigenvalue weighted by atomic mass is 19.4. The monoisotopic (exact) mass is 353 g/mol. The lowest BCUT2D eigenvalue weighted by molar-refractivity contribution is -0.137. The number of aromatic nitrogens is 2. The topological polar surface area (TPSA) is 30.3 Å². The normalized spacial score (nSPS) is 19.3. The minimum absolute atomic E-state index is 0.0987.